The van der Waals surface area contributed by atoms with Crippen molar-refractivity contribution in [1.29, 1.82) is 0 Å². The Balaban J connectivity index is 1.56. The van der Waals surface area contributed by atoms with Crippen molar-refractivity contribution in [2.45, 2.75) is 0 Å². The summed E-state index contributed by atoms with van der Waals surface area (Å²) in [5, 5.41) is 6.15. The first-order valence-electron chi connectivity index (χ1n) is 6.80. The average molecular weight is 294 g/mol. The Labute approximate surface area is 127 Å². The van der Waals surface area contributed by atoms with E-state index in [0.717, 1.165) is 11.1 Å². The Bertz CT molecular complexity index is 722. The van der Waals surface area contributed by atoms with Gasteiger partial charge in [-0.25, -0.2) is 0 Å². The van der Waals surface area contributed by atoms with E-state index in [1.54, 1.807) is 6.07 Å². The minimum atomic E-state index is -0.291. The molecule has 0 spiro atoms. The summed E-state index contributed by atoms with van der Waals surface area (Å²) in [6.45, 7) is -0.0858. The molecule has 0 radical (unpaired) electrons. The first-order valence-corrected chi connectivity index (χ1v) is 6.80. The lowest BCUT2D eigenvalue weighted by molar-refractivity contribution is -0.118. The topological polar surface area (TPSA) is 64.4 Å². The van der Waals surface area contributed by atoms with E-state index in [1.807, 2.05) is 54.6 Å². The van der Waals surface area contributed by atoms with E-state index in [-0.39, 0.29) is 12.5 Å². The predicted molar refractivity (Wildman–Crippen MR) is 82.5 cm³/mol. The average Bonchev–Trinajstić information content (AvgIpc) is 3.07. The minimum absolute atomic E-state index is 0.0858. The molecule has 0 fully saturated rings. The number of nitrogens with one attached hydrogen (secondary N) is 1. The van der Waals surface area contributed by atoms with Crippen molar-refractivity contribution >= 4 is 11.7 Å². The van der Waals surface area contributed by atoms with Crippen LogP contribution in [0.5, 0.6) is 5.75 Å². The van der Waals surface area contributed by atoms with Crippen LogP contribution in [0.3, 0.4) is 0 Å². The van der Waals surface area contributed by atoms with Crippen molar-refractivity contribution < 1.29 is 14.1 Å². The number of amides is 1. The molecular formula is C17H14N2O3. The summed E-state index contributed by atoms with van der Waals surface area (Å²) in [7, 11) is 0. The molecule has 22 heavy (non-hydrogen) atoms. The van der Waals surface area contributed by atoms with Crippen LogP contribution in [0.2, 0.25) is 0 Å². The summed E-state index contributed by atoms with van der Waals surface area (Å²) < 4.78 is 10.1. The summed E-state index contributed by atoms with van der Waals surface area (Å²) in [5.74, 6) is 0.712. The second kappa shape index (κ2) is 6.58. The number of hydrogen-bond donors (Lipinski definition) is 1. The third-order valence-corrected chi connectivity index (χ3v) is 3.04. The van der Waals surface area contributed by atoms with Crippen LogP contribution in [-0.4, -0.2) is 17.7 Å². The van der Waals surface area contributed by atoms with Crippen molar-refractivity contribution in [1.82, 2.24) is 5.16 Å². The van der Waals surface area contributed by atoms with Gasteiger partial charge in [0.05, 0.1) is 0 Å². The van der Waals surface area contributed by atoms with E-state index in [9.17, 15) is 4.79 Å². The van der Waals surface area contributed by atoms with Gasteiger partial charge in [0.2, 0.25) is 0 Å². The smallest absolute Gasteiger partial charge is 0.263 e. The van der Waals surface area contributed by atoms with Gasteiger partial charge in [0.15, 0.2) is 12.4 Å². The van der Waals surface area contributed by atoms with E-state index < -0.39 is 0 Å². The maximum Gasteiger partial charge on any atom is 0.263 e. The van der Waals surface area contributed by atoms with Crippen LogP contribution in [0.4, 0.5) is 5.82 Å². The number of nitrogens with zero attached hydrogens (tertiary/aromatic N) is 1. The largest absolute Gasteiger partial charge is 0.484 e. The van der Waals surface area contributed by atoms with Gasteiger partial charge >= 0.3 is 0 Å². The van der Waals surface area contributed by atoms with E-state index in [2.05, 4.69) is 15.0 Å². The number of carbonyl (C=O) groups is 1. The highest BCUT2D eigenvalue weighted by molar-refractivity contribution is 5.90. The molecule has 3 rings (SSSR count). The minimum Gasteiger partial charge on any atom is -0.484 e. The molecule has 0 atom stereocenters. The number of rotatable bonds is 5. The van der Waals surface area contributed by atoms with Gasteiger partial charge in [0.25, 0.3) is 5.91 Å². The molecule has 0 bridgehead atoms. The van der Waals surface area contributed by atoms with Crippen LogP contribution < -0.4 is 10.1 Å². The summed E-state index contributed by atoms with van der Waals surface area (Å²) in [6, 6.07) is 19.2. The maximum absolute atomic E-state index is 11.7. The van der Waals surface area contributed by atoms with E-state index in [4.69, 9.17) is 4.74 Å². The Hall–Kier alpha value is -3.08. The van der Waals surface area contributed by atoms with Gasteiger partial charge in [-0.15, -0.1) is 0 Å². The van der Waals surface area contributed by atoms with E-state index >= 15 is 0 Å². The molecule has 0 saturated carbocycles. The lowest BCUT2D eigenvalue weighted by Gasteiger charge is -2.07. The fraction of sp³-hybridized carbons (Fsp3) is 0.0588. The molecule has 110 valence electrons. The van der Waals surface area contributed by atoms with Gasteiger partial charge in [-0.05, 0) is 23.3 Å². The number of benzene rings is 2. The predicted octanol–water partition coefficient (Wildman–Crippen LogP) is 3.36. The van der Waals surface area contributed by atoms with Gasteiger partial charge in [-0.1, -0.05) is 47.6 Å². The van der Waals surface area contributed by atoms with Crippen molar-refractivity contribution in [3.05, 3.63) is 66.9 Å². The standard InChI is InChI=1S/C17H14N2O3/c20-17(18-16-10-11-22-19-16)12-21-15-8-6-14(7-9-15)13-4-2-1-3-5-13/h1-11H,12H2,(H,18,19,20). The molecule has 1 heterocycles. The van der Waals surface area contributed by atoms with Gasteiger partial charge in [-0.2, -0.15) is 0 Å². The van der Waals surface area contributed by atoms with Crippen molar-refractivity contribution in [3.8, 4) is 16.9 Å². The molecule has 1 amide bonds. The van der Waals surface area contributed by atoms with Gasteiger partial charge in [-0.3, -0.25) is 4.79 Å². The third kappa shape index (κ3) is 3.52. The highest BCUT2D eigenvalue weighted by Crippen LogP contribution is 2.21. The third-order valence-electron chi connectivity index (χ3n) is 3.04. The lowest BCUT2D eigenvalue weighted by atomic mass is 10.1. The van der Waals surface area contributed by atoms with Crippen LogP contribution in [0.25, 0.3) is 11.1 Å². The summed E-state index contributed by atoms with van der Waals surface area (Å²) in [4.78, 5) is 11.7. The van der Waals surface area contributed by atoms with Crippen LogP contribution in [-0.2, 0) is 4.79 Å². The zero-order valence-corrected chi connectivity index (χ0v) is 11.7. The molecule has 0 aliphatic heterocycles. The fourth-order valence-corrected chi connectivity index (χ4v) is 1.98. The fourth-order valence-electron chi connectivity index (χ4n) is 1.98. The van der Waals surface area contributed by atoms with E-state index in [1.165, 1.54) is 6.26 Å². The molecule has 5 heteroatoms. The quantitative estimate of drug-likeness (QED) is 0.783. The lowest BCUT2D eigenvalue weighted by Crippen LogP contribution is -2.20. The SMILES string of the molecule is O=C(COc1ccc(-c2ccccc2)cc1)Nc1ccon1. The molecule has 0 aliphatic carbocycles. The second-order valence-electron chi connectivity index (χ2n) is 4.61. The number of ether oxygens (including phenoxy) is 1. The second-order valence-corrected chi connectivity index (χ2v) is 4.61. The van der Waals surface area contributed by atoms with Crippen LogP contribution in [0, 0.1) is 0 Å². The van der Waals surface area contributed by atoms with Crippen molar-refractivity contribution in [2.24, 2.45) is 0 Å². The summed E-state index contributed by atoms with van der Waals surface area (Å²) in [5.41, 5.74) is 2.23. The molecule has 1 aromatic heterocycles. The highest BCUT2D eigenvalue weighted by Gasteiger charge is 2.05. The Morgan fingerprint density at radius 1 is 1.00 bits per heavy atom. The number of carbonyl (C=O) groups excluding carboxylic acids is 1. The van der Waals surface area contributed by atoms with Gasteiger partial charge in [0, 0.05) is 6.07 Å². The molecular weight excluding hydrogens is 280 g/mol. The highest BCUT2D eigenvalue weighted by atomic mass is 16.5. The molecule has 0 aliphatic rings. The Morgan fingerprint density at radius 2 is 1.73 bits per heavy atom. The zero-order chi connectivity index (χ0) is 15.2. The molecule has 0 saturated heterocycles. The zero-order valence-electron chi connectivity index (χ0n) is 11.7. The number of anilines is 1. The molecule has 2 aromatic carbocycles. The molecule has 0 unspecified atom stereocenters. The van der Waals surface area contributed by atoms with Crippen LogP contribution in [0.1, 0.15) is 0 Å². The van der Waals surface area contributed by atoms with Crippen LogP contribution in [0.15, 0.2) is 71.4 Å². The van der Waals surface area contributed by atoms with E-state index in [0.29, 0.717) is 11.6 Å². The summed E-state index contributed by atoms with van der Waals surface area (Å²) >= 11 is 0. The number of hydrogen-bond acceptors (Lipinski definition) is 4. The monoisotopic (exact) mass is 294 g/mol. The number of aromatic nitrogens is 1. The normalized spacial score (nSPS) is 10.2. The summed E-state index contributed by atoms with van der Waals surface area (Å²) in [6.07, 6.45) is 1.39. The first kappa shape index (κ1) is 13.9. The van der Waals surface area contributed by atoms with Crippen LogP contribution >= 0.6 is 0 Å². The van der Waals surface area contributed by atoms with Crippen molar-refractivity contribution in [2.75, 3.05) is 11.9 Å². The Kier molecular flexibility index (Phi) is 4.15. The van der Waals surface area contributed by atoms with Crippen molar-refractivity contribution in [3.63, 3.8) is 0 Å². The maximum atomic E-state index is 11.7. The molecule has 3 aromatic rings. The molecule has 1 N–H and O–H groups in total. The van der Waals surface area contributed by atoms with Gasteiger partial charge in [0.1, 0.15) is 12.0 Å². The first-order chi connectivity index (χ1) is 10.8. The van der Waals surface area contributed by atoms with Gasteiger partial charge < -0.3 is 14.6 Å². The Morgan fingerprint density at radius 3 is 2.41 bits per heavy atom. The molecule has 5 nitrogen and oxygen atoms in total.